The third-order valence-electron chi connectivity index (χ3n) is 2.92. The van der Waals surface area contributed by atoms with Crippen molar-refractivity contribution >= 4 is 41.3 Å². The van der Waals surface area contributed by atoms with Crippen LogP contribution in [0.4, 0.5) is 0 Å². The van der Waals surface area contributed by atoms with E-state index in [-0.39, 0.29) is 22.3 Å². The molecule has 130 valence electrons. The standard InChI is InChI=1S/C16H14Cl2N4O3/c1-24-14-6-9(8-21-22-16(19)20)2-5-13(14)25-15(23)11-4-3-10(17)7-12(11)18/h2-8H,1H3,(H4,19,20,22)/b21-8+. The maximum atomic E-state index is 12.3. The molecule has 0 atom stereocenters. The first-order valence-electron chi connectivity index (χ1n) is 6.88. The lowest BCUT2D eigenvalue weighted by Gasteiger charge is -2.10. The second-order valence-electron chi connectivity index (χ2n) is 4.69. The highest BCUT2D eigenvalue weighted by molar-refractivity contribution is 6.36. The summed E-state index contributed by atoms with van der Waals surface area (Å²) < 4.78 is 10.6. The maximum absolute atomic E-state index is 12.3. The largest absolute Gasteiger partial charge is 0.493 e. The van der Waals surface area contributed by atoms with Crippen LogP contribution in [0.5, 0.6) is 11.5 Å². The van der Waals surface area contributed by atoms with E-state index in [4.69, 9.17) is 44.1 Å². The van der Waals surface area contributed by atoms with Gasteiger partial charge in [-0.05, 0) is 42.0 Å². The molecule has 0 aromatic heterocycles. The lowest BCUT2D eigenvalue weighted by Crippen LogP contribution is -2.21. The molecule has 4 N–H and O–H groups in total. The van der Waals surface area contributed by atoms with Gasteiger partial charge in [-0.25, -0.2) is 4.79 Å². The van der Waals surface area contributed by atoms with Gasteiger partial charge in [0.1, 0.15) is 0 Å². The van der Waals surface area contributed by atoms with Crippen LogP contribution in [0.15, 0.2) is 46.6 Å². The first kappa shape index (κ1) is 18.6. The van der Waals surface area contributed by atoms with Crippen LogP contribution < -0.4 is 20.9 Å². The van der Waals surface area contributed by atoms with Gasteiger partial charge in [-0.1, -0.05) is 23.2 Å². The number of methoxy groups -OCH3 is 1. The molecule has 0 fully saturated rings. The Morgan fingerprint density at radius 3 is 2.52 bits per heavy atom. The van der Waals surface area contributed by atoms with Crippen LogP contribution in [0.3, 0.4) is 0 Å². The number of halogens is 2. The van der Waals surface area contributed by atoms with Gasteiger partial charge in [0.25, 0.3) is 0 Å². The third kappa shape index (κ3) is 5.10. The maximum Gasteiger partial charge on any atom is 0.345 e. The number of ether oxygens (including phenoxy) is 2. The molecule has 9 heteroatoms. The molecule has 0 bridgehead atoms. The number of esters is 1. The van der Waals surface area contributed by atoms with Crippen molar-refractivity contribution in [1.82, 2.24) is 0 Å². The topological polar surface area (TPSA) is 112 Å². The summed E-state index contributed by atoms with van der Waals surface area (Å²) in [7, 11) is 1.44. The van der Waals surface area contributed by atoms with Crippen molar-refractivity contribution in [2.24, 2.45) is 21.7 Å². The summed E-state index contributed by atoms with van der Waals surface area (Å²) in [6.45, 7) is 0. The predicted molar refractivity (Wildman–Crippen MR) is 97.8 cm³/mol. The number of guanidine groups is 1. The van der Waals surface area contributed by atoms with Gasteiger partial charge in [-0.3, -0.25) is 0 Å². The Kier molecular flexibility index (Phi) is 6.21. The molecule has 2 rings (SSSR count). The van der Waals surface area contributed by atoms with Crippen molar-refractivity contribution in [3.8, 4) is 11.5 Å². The number of hydrogen-bond acceptors (Lipinski definition) is 5. The molecule has 0 aliphatic carbocycles. The Morgan fingerprint density at radius 2 is 1.88 bits per heavy atom. The first-order chi connectivity index (χ1) is 11.9. The Labute approximate surface area is 153 Å². The minimum Gasteiger partial charge on any atom is -0.493 e. The fourth-order valence-electron chi connectivity index (χ4n) is 1.82. The fraction of sp³-hybridized carbons (Fsp3) is 0.0625. The Bertz CT molecular complexity index is 849. The molecule has 7 nitrogen and oxygen atoms in total. The Morgan fingerprint density at radius 1 is 1.12 bits per heavy atom. The van der Waals surface area contributed by atoms with E-state index in [1.54, 1.807) is 24.3 Å². The summed E-state index contributed by atoms with van der Waals surface area (Å²) in [5.41, 5.74) is 11.2. The lowest BCUT2D eigenvalue weighted by molar-refractivity contribution is 0.0730. The van der Waals surface area contributed by atoms with Crippen molar-refractivity contribution < 1.29 is 14.3 Å². The van der Waals surface area contributed by atoms with Gasteiger partial charge in [0.05, 0.1) is 23.9 Å². The van der Waals surface area contributed by atoms with Crippen LogP contribution in [0.1, 0.15) is 15.9 Å². The number of carbonyl (C=O) groups excluding carboxylic acids is 1. The van der Waals surface area contributed by atoms with Crippen molar-refractivity contribution in [3.05, 3.63) is 57.6 Å². The van der Waals surface area contributed by atoms with Crippen LogP contribution in [-0.4, -0.2) is 25.3 Å². The highest BCUT2D eigenvalue weighted by Gasteiger charge is 2.16. The van der Waals surface area contributed by atoms with Gasteiger partial charge in [0.15, 0.2) is 11.5 Å². The van der Waals surface area contributed by atoms with E-state index in [9.17, 15) is 4.79 Å². The molecule has 0 aliphatic rings. The van der Waals surface area contributed by atoms with Gasteiger partial charge >= 0.3 is 5.97 Å². The van der Waals surface area contributed by atoms with Crippen molar-refractivity contribution in [1.29, 1.82) is 0 Å². The third-order valence-corrected chi connectivity index (χ3v) is 3.47. The predicted octanol–water partition coefficient (Wildman–Crippen LogP) is 2.83. The van der Waals surface area contributed by atoms with E-state index >= 15 is 0 Å². The van der Waals surface area contributed by atoms with E-state index in [1.807, 2.05) is 0 Å². The highest BCUT2D eigenvalue weighted by Crippen LogP contribution is 2.29. The molecule has 0 heterocycles. The van der Waals surface area contributed by atoms with Crippen LogP contribution in [-0.2, 0) is 0 Å². The number of hydrogen-bond donors (Lipinski definition) is 2. The van der Waals surface area contributed by atoms with Crippen LogP contribution in [0.25, 0.3) is 0 Å². The molecule has 0 radical (unpaired) electrons. The minimum absolute atomic E-state index is 0.159. The smallest absolute Gasteiger partial charge is 0.345 e. The lowest BCUT2D eigenvalue weighted by atomic mass is 10.2. The second kappa shape index (κ2) is 8.36. The molecular formula is C16H14Cl2N4O3. The minimum atomic E-state index is -0.637. The average Bonchev–Trinajstić information content (AvgIpc) is 2.55. The van der Waals surface area contributed by atoms with Gasteiger partial charge in [0.2, 0.25) is 5.96 Å². The molecule has 25 heavy (non-hydrogen) atoms. The van der Waals surface area contributed by atoms with Gasteiger partial charge in [-0.2, -0.15) is 5.10 Å². The number of nitrogens with two attached hydrogens (primary N) is 2. The second-order valence-corrected chi connectivity index (χ2v) is 5.54. The average molecular weight is 381 g/mol. The zero-order valence-electron chi connectivity index (χ0n) is 13.1. The van der Waals surface area contributed by atoms with E-state index in [1.165, 1.54) is 25.5 Å². The van der Waals surface area contributed by atoms with Crippen LogP contribution in [0, 0.1) is 0 Å². The van der Waals surface area contributed by atoms with Crippen molar-refractivity contribution in [2.45, 2.75) is 0 Å². The molecule has 2 aromatic carbocycles. The van der Waals surface area contributed by atoms with Gasteiger partial charge in [-0.15, -0.1) is 5.10 Å². The van der Waals surface area contributed by atoms with Gasteiger partial charge in [0, 0.05) is 5.02 Å². The highest BCUT2D eigenvalue weighted by atomic mass is 35.5. The number of nitrogens with zero attached hydrogens (tertiary/aromatic N) is 2. The number of rotatable bonds is 5. The van der Waals surface area contributed by atoms with Crippen molar-refractivity contribution in [2.75, 3.05) is 7.11 Å². The molecule has 2 aromatic rings. The molecule has 0 saturated heterocycles. The summed E-state index contributed by atoms with van der Waals surface area (Å²) >= 11 is 11.8. The van der Waals surface area contributed by atoms with E-state index in [2.05, 4.69) is 10.2 Å². The summed E-state index contributed by atoms with van der Waals surface area (Å²) in [6, 6.07) is 9.30. The molecule has 0 saturated carbocycles. The number of carbonyl (C=O) groups is 1. The summed E-state index contributed by atoms with van der Waals surface area (Å²) in [5, 5.41) is 7.80. The Balaban J connectivity index is 2.23. The quantitative estimate of drug-likeness (QED) is 0.272. The summed E-state index contributed by atoms with van der Waals surface area (Å²) in [5.74, 6) is -0.250. The first-order valence-corrected chi connectivity index (χ1v) is 7.63. The van der Waals surface area contributed by atoms with E-state index < -0.39 is 5.97 Å². The number of benzene rings is 2. The van der Waals surface area contributed by atoms with Crippen molar-refractivity contribution in [3.63, 3.8) is 0 Å². The van der Waals surface area contributed by atoms with Gasteiger partial charge < -0.3 is 20.9 Å². The van der Waals surface area contributed by atoms with Crippen LogP contribution in [0.2, 0.25) is 10.0 Å². The Hall–Kier alpha value is -2.77. The monoisotopic (exact) mass is 380 g/mol. The molecule has 0 aliphatic heterocycles. The fourth-order valence-corrected chi connectivity index (χ4v) is 2.31. The molecule has 0 amide bonds. The zero-order chi connectivity index (χ0) is 18.4. The normalized spacial score (nSPS) is 10.5. The molecule has 0 spiro atoms. The summed E-state index contributed by atoms with van der Waals surface area (Å²) in [4.78, 5) is 12.3. The SMILES string of the molecule is COc1cc(/C=N/N=C(N)N)ccc1OC(=O)c1ccc(Cl)cc1Cl. The molecule has 0 unspecified atom stereocenters. The summed E-state index contributed by atoms with van der Waals surface area (Å²) in [6.07, 6.45) is 1.42. The molecular weight excluding hydrogens is 367 g/mol. The zero-order valence-corrected chi connectivity index (χ0v) is 14.6. The van der Waals surface area contributed by atoms with E-state index in [0.29, 0.717) is 16.3 Å². The van der Waals surface area contributed by atoms with Crippen LogP contribution >= 0.6 is 23.2 Å². The van der Waals surface area contributed by atoms with E-state index in [0.717, 1.165) is 0 Å².